The highest BCUT2D eigenvalue weighted by Gasteiger charge is 2.27. The Balaban J connectivity index is 0.000000266. The van der Waals surface area contributed by atoms with E-state index in [1.807, 2.05) is 31.2 Å². The summed E-state index contributed by atoms with van der Waals surface area (Å²) in [6.45, 7) is 4.09. The molecular weight excluding hydrogens is 681 g/mol. The number of aromatic carboxylic acids is 1. The molecule has 1 amide bonds. The number of thioether (sulfide) groups is 2. The number of carboxylic acids is 1. The van der Waals surface area contributed by atoms with Gasteiger partial charge in [0.1, 0.15) is 34.3 Å². The third kappa shape index (κ3) is 11.4. The second-order valence-electron chi connectivity index (χ2n) is 10.3. The van der Waals surface area contributed by atoms with Crippen LogP contribution in [-0.4, -0.2) is 55.7 Å². The number of amides is 1. The minimum atomic E-state index is -1.29. The lowest BCUT2D eigenvalue weighted by Crippen LogP contribution is -2.45. The number of hydrogen-bond acceptors (Lipinski definition) is 9. The van der Waals surface area contributed by atoms with E-state index >= 15 is 0 Å². The fraction of sp³-hybridized carbons (Fsp3) is 0.294. The first-order valence-corrected chi connectivity index (χ1v) is 17.0. The van der Waals surface area contributed by atoms with E-state index in [2.05, 4.69) is 22.2 Å². The van der Waals surface area contributed by atoms with Crippen LogP contribution < -0.4 is 14.8 Å². The van der Waals surface area contributed by atoms with Crippen molar-refractivity contribution in [2.24, 2.45) is 0 Å². The van der Waals surface area contributed by atoms with Crippen LogP contribution in [0.4, 0.5) is 8.78 Å². The maximum absolute atomic E-state index is 13.7. The summed E-state index contributed by atoms with van der Waals surface area (Å²) in [5, 5.41) is 21.9. The Morgan fingerprint density at radius 3 is 1.83 bits per heavy atom. The summed E-state index contributed by atoms with van der Waals surface area (Å²) >= 11 is 3.31. The van der Waals surface area contributed by atoms with Gasteiger partial charge in [-0.15, -0.1) is 23.5 Å². The number of halogens is 2. The van der Waals surface area contributed by atoms with E-state index in [1.54, 1.807) is 47.8 Å². The van der Waals surface area contributed by atoms with Gasteiger partial charge in [-0.05, 0) is 72.9 Å². The number of carboxylic acid groups (broad SMARTS) is 1. The van der Waals surface area contributed by atoms with Crippen molar-refractivity contribution in [3.05, 3.63) is 95.8 Å². The van der Waals surface area contributed by atoms with Gasteiger partial charge in [0.25, 0.3) is 5.91 Å². The van der Waals surface area contributed by atoms with E-state index in [9.17, 15) is 23.5 Å². The lowest BCUT2D eigenvalue weighted by Gasteiger charge is -2.28. The van der Waals surface area contributed by atoms with Crippen LogP contribution in [0.15, 0.2) is 82.8 Å². The number of pyridine rings is 2. The van der Waals surface area contributed by atoms with Crippen molar-refractivity contribution in [3.63, 3.8) is 0 Å². The number of nitrogens with one attached hydrogen (secondary N) is 1. The van der Waals surface area contributed by atoms with Gasteiger partial charge in [-0.3, -0.25) is 4.79 Å². The topological polar surface area (TPSA) is 131 Å². The first kappa shape index (κ1) is 38.6. The third-order valence-corrected chi connectivity index (χ3v) is 8.57. The summed E-state index contributed by atoms with van der Waals surface area (Å²) in [5.41, 5.74) is -0.292. The number of carbonyl (C=O) groups excluding carboxylic acids is 1. The van der Waals surface area contributed by atoms with E-state index in [1.165, 1.54) is 0 Å². The zero-order valence-corrected chi connectivity index (χ0v) is 29.0. The Morgan fingerprint density at radius 1 is 0.833 bits per heavy atom. The van der Waals surface area contributed by atoms with Crippen molar-refractivity contribution in [1.82, 2.24) is 15.3 Å². The zero-order valence-electron chi connectivity index (χ0n) is 26.3. The molecule has 2 atom stereocenters. The monoisotopic (exact) mass is 717 g/mol. The first-order chi connectivity index (χ1) is 22.7. The molecule has 2 aromatic carbocycles. The highest BCUT2D eigenvalue weighted by atomic mass is 32.2. The summed E-state index contributed by atoms with van der Waals surface area (Å²) in [4.78, 5) is 33.4. The molecule has 1 fully saturated rings. The maximum Gasteiger partial charge on any atom is 0.341 e. The molecule has 256 valence electrons. The number of rotatable bonds is 11. The molecule has 0 spiro atoms. The van der Waals surface area contributed by atoms with Crippen molar-refractivity contribution < 1.29 is 38.1 Å². The number of hydrogen-bond donors (Lipinski definition) is 3. The van der Waals surface area contributed by atoms with Crippen molar-refractivity contribution >= 4 is 48.9 Å². The van der Waals surface area contributed by atoms with Gasteiger partial charge in [-0.2, -0.15) is 13.5 Å². The minimum absolute atomic E-state index is 0. The van der Waals surface area contributed by atoms with Gasteiger partial charge < -0.3 is 25.0 Å². The van der Waals surface area contributed by atoms with E-state index in [0.29, 0.717) is 24.3 Å². The molecule has 5 rings (SSSR count). The lowest BCUT2D eigenvalue weighted by atomic mass is 9.92. The van der Waals surface area contributed by atoms with E-state index < -0.39 is 29.6 Å². The Kier molecular flexibility index (Phi) is 15.5. The molecule has 4 aromatic rings. The van der Waals surface area contributed by atoms with Crippen LogP contribution in [0, 0.1) is 11.6 Å². The van der Waals surface area contributed by atoms with Gasteiger partial charge in [0.2, 0.25) is 11.8 Å². The minimum Gasteiger partial charge on any atom is -0.477 e. The summed E-state index contributed by atoms with van der Waals surface area (Å²) in [6.07, 6.45) is 4.58. The maximum atomic E-state index is 13.7. The van der Waals surface area contributed by atoms with Crippen molar-refractivity contribution in [2.45, 2.75) is 61.5 Å². The number of nitrogens with zero attached hydrogens (tertiary/aromatic N) is 2. The Hall–Kier alpha value is -3.85. The molecule has 2 aromatic heterocycles. The molecule has 2 heterocycles. The molecule has 1 aliphatic carbocycles. The van der Waals surface area contributed by atoms with Crippen LogP contribution in [0.1, 0.15) is 60.2 Å². The summed E-state index contributed by atoms with van der Waals surface area (Å²) < 4.78 is 38.0. The Labute approximate surface area is 293 Å². The van der Waals surface area contributed by atoms with Crippen LogP contribution in [0.5, 0.6) is 23.3 Å². The number of aromatic nitrogens is 2. The van der Waals surface area contributed by atoms with E-state index in [-0.39, 0.29) is 42.4 Å². The second kappa shape index (κ2) is 19.2. The average molecular weight is 718 g/mol. The number of aliphatic hydroxyl groups is 1. The van der Waals surface area contributed by atoms with Gasteiger partial charge in [-0.25, -0.2) is 23.5 Å². The highest BCUT2D eigenvalue weighted by molar-refractivity contribution is 7.99. The predicted molar refractivity (Wildman–Crippen MR) is 187 cm³/mol. The van der Waals surface area contributed by atoms with Crippen LogP contribution in [0.3, 0.4) is 0 Å². The average Bonchev–Trinajstić information content (AvgIpc) is 3.05. The van der Waals surface area contributed by atoms with Crippen molar-refractivity contribution in [2.75, 3.05) is 11.5 Å². The number of aliphatic hydroxyl groups excluding tert-OH is 1. The molecular formula is C34H37F2N3O6S3. The normalized spacial score (nSPS) is 15.3. The Bertz CT molecular complexity index is 1680. The lowest BCUT2D eigenvalue weighted by molar-refractivity contribution is 0.0691. The molecule has 0 saturated heterocycles. The highest BCUT2D eigenvalue weighted by Crippen LogP contribution is 2.30. The zero-order chi connectivity index (χ0) is 33.8. The van der Waals surface area contributed by atoms with Gasteiger partial charge >= 0.3 is 5.97 Å². The molecule has 0 radical (unpaired) electrons. The summed E-state index contributed by atoms with van der Waals surface area (Å²) in [5.74, 6) is -0.376. The van der Waals surface area contributed by atoms with Gasteiger partial charge in [0.05, 0.1) is 24.5 Å². The predicted octanol–water partition coefficient (Wildman–Crippen LogP) is 8.09. The molecule has 3 N–H and O–H groups in total. The van der Waals surface area contributed by atoms with Crippen molar-refractivity contribution in [3.8, 4) is 23.3 Å². The number of ether oxygens (including phenoxy) is 2. The fourth-order valence-electron chi connectivity index (χ4n) is 4.67. The van der Waals surface area contributed by atoms with Gasteiger partial charge in [-0.1, -0.05) is 38.8 Å². The second-order valence-corrected chi connectivity index (χ2v) is 12.9. The molecule has 9 nitrogen and oxygen atoms in total. The molecule has 0 aliphatic heterocycles. The van der Waals surface area contributed by atoms with Crippen LogP contribution in [-0.2, 0) is 0 Å². The molecule has 1 saturated carbocycles. The summed E-state index contributed by atoms with van der Waals surface area (Å²) in [7, 11) is 0. The van der Waals surface area contributed by atoms with Gasteiger partial charge in [0.15, 0.2) is 0 Å². The SMILES string of the molecule is CCSc1cccc(Oc2ncc(F)cc2C(=O)N[C@@H]2CCCC[C@@H]2O)c1.CCSc1cccc(Oc2ncc(F)cc2C(=O)O)c1.S. The van der Waals surface area contributed by atoms with Crippen molar-refractivity contribution in [1.29, 1.82) is 0 Å². The molecule has 0 unspecified atom stereocenters. The largest absolute Gasteiger partial charge is 0.477 e. The standard InChI is InChI=1S/C20H23FN2O3S.C14H12FNO3S.H2S/c1-2-27-15-7-5-6-14(11-15)26-20-16(10-13(21)12-22-20)19(25)23-17-8-3-4-9-18(17)24;1-2-20-11-5-3-4-10(7-11)19-13-12(14(17)18)6-9(15)8-16-13;/h5-7,10-12,17-18,24H,2-4,8-9H2,1H3,(H,23,25);3-8H,2H2,1H3,(H,17,18);1H2/t17-,18+;;/m1../s1. The fourth-order valence-corrected chi connectivity index (χ4v) is 6.08. The smallest absolute Gasteiger partial charge is 0.341 e. The number of benzene rings is 2. The number of carbonyl (C=O) groups is 2. The molecule has 1 aliphatic rings. The van der Waals surface area contributed by atoms with E-state index in [0.717, 1.165) is 58.7 Å². The van der Waals surface area contributed by atoms with Crippen LogP contribution >= 0.6 is 37.0 Å². The first-order valence-electron chi connectivity index (χ1n) is 15.0. The molecule has 48 heavy (non-hydrogen) atoms. The molecule has 0 bridgehead atoms. The van der Waals surface area contributed by atoms with Gasteiger partial charge in [0, 0.05) is 9.79 Å². The van der Waals surface area contributed by atoms with Crippen LogP contribution in [0.2, 0.25) is 0 Å². The quantitative estimate of drug-likeness (QED) is 0.131. The third-order valence-electron chi connectivity index (χ3n) is 6.82. The van der Waals surface area contributed by atoms with Crippen LogP contribution in [0.25, 0.3) is 0 Å². The van der Waals surface area contributed by atoms with E-state index in [4.69, 9.17) is 14.6 Å². The molecule has 14 heteroatoms. The Morgan fingerprint density at radius 2 is 1.33 bits per heavy atom. The summed E-state index contributed by atoms with van der Waals surface area (Å²) in [6, 6.07) is 16.3.